The van der Waals surface area contributed by atoms with E-state index in [1.165, 1.54) is 0 Å². The van der Waals surface area contributed by atoms with Crippen LogP contribution in [0.4, 0.5) is 5.82 Å². The summed E-state index contributed by atoms with van der Waals surface area (Å²) in [6, 6.07) is 10.4. The van der Waals surface area contributed by atoms with Crippen molar-refractivity contribution in [1.29, 1.82) is 0 Å². The number of amides is 1. The van der Waals surface area contributed by atoms with Crippen LogP contribution < -0.4 is 4.90 Å². The number of fused-ring (bicyclic) bond motifs is 4. The van der Waals surface area contributed by atoms with Gasteiger partial charge in [0.25, 0.3) is 5.91 Å². The molecule has 4 aromatic rings. The molecule has 2 atom stereocenters. The lowest BCUT2D eigenvalue weighted by Gasteiger charge is -2.41. The average molecular weight is 372 g/mol. The number of nitrogens with zero attached hydrogens (tertiary/aromatic N) is 4. The largest absolute Gasteiger partial charge is 0.361 e. The number of hydrogen-bond donors (Lipinski definition) is 2. The third-order valence-electron chi connectivity index (χ3n) is 6.15. The molecule has 0 aliphatic carbocycles. The van der Waals surface area contributed by atoms with Crippen molar-refractivity contribution in [3.63, 3.8) is 0 Å². The minimum absolute atomic E-state index is 0.137. The standard InChI is InChI=1S/C21H20N6O/c28-21(14-2-1-13-5-7-22-18(13)9-14)27-15-3-4-16(27)11-26(10-15)20-17-6-8-23-19(17)24-12-25-20/h1-2,5-9,12,15-16,22H,3-4,10-11H2,(H,23,24,25)/t15-,16-/m1/s1. The van der Waals surface area contributed by atoms with Crippen LogP contribution in [0.25, 0.3) is 21.9 Å². The van der Waals surface area contributed by atoms with Crippen LogP contribution in [0.3, 0.4) is 0 Å². The predicted octanol–water partition coefficient (Wildman–Crippen LogP) is 2.93. The summed E-state index contributed by atoms with van der Waals surface area (Å²) >= 11 is 0. The smallest absolute Gasteiger partial charge is 0.254 e. The molecule has 1 aromatic carbocycles. The molecule has 7 nitrogen and oxygen atoms in total. The zero-order valence-electron chi connectivity index (χ0n) is 15.3. The highest BCUT2D eigenvalue weighted by atomic mass is 16.2. The molecule has 0 saturated carbocycles. The van der Waals surface area contributed by atoms with Gasteiger partial charge in [-0.15, -0.1) is 0 Å². The Hall–Kier alpha value is -3.35. The number of rotatable bonds is 2. The summed E-state index contributed by atoms with van der Waals surface area (Å²) in [6.45, 7) is 1.62. The number of aromatic amines is 2. The second kappa shape index (κ2) is 5.82. The molecule has 2 saturated heterocycles. The first-order valence-electron chi connectivity index (χ1n) is 9.71. The highest BCUT2D eigenvalue weighted by Crippen LogP contribution is 2.35. The van der Waals surface area contributed by atoms with Gasteiger partial charge in [0, 0.05) is 36.6 Å². The minimum atomic E-state index is 0.137. The van der Waals surface area contributed by atoms with Gasteiger partial charge in [0.05, 0.1) is 17.5 Å². The first kappa shape index (κ1) is 15.7. The molecule has 2 aliphatic heterocycles. The molecule has 28 heavy (non-hydrogen) atoms. The van der Waals surface area contributed by atoms with E-state index in [4.69, 9.17) is 0 Å². The molecule has 5 heterocycles. The molecule has 2 bridgehead atoms. The van der Waals surface area contributed by atoms with Crippen LogP contribution >= 0.6 is 0 Å². The van der Waals surface area contributed by atoms with Crippen LogP contribution in [-0.2, 0) is 0 Å². The Labute approximate surface area is 161 Å². The van der Waals surface area contributed by atoms with Crippen molar-refractivity contribution < 1.29 is 4.79 Å². The van der Waals surface area contributed by atoms with Crippen LogP contribution in [0.5, 0.6) is 0 Å². The monoisotopic (exact) mass is 372 g/mol. The Morgan fingerprint density at radius 2 is 1.82 bits per heavy atom. The Morgan fingerprint density at radius 3 is 2.68 bits per heavy atom. The van der Waals surface area contributed by atoms with Gasteiger partial charge in [0.2, 0.25) is 0 Å². The molecular weight excluding hydrogens is 352 g/mol. The maximum atomic E-state index is 13.3. The van der Waals surface area contributed by atoms with E-state index in [-0.39, 0.29) is 18.0 Å². The molecule has 3 aromatic heterocycles. The van der Waals surface area contributed by atoms with E-state index in [1.54, 1.807) is 6.33 Å². The number of H-pyrrole nitrogens is 2. The summed E-state index contributed by atoms with van der Waals surface area (Å²) in [5, 5.41) is 2.17. The van der Waals surface area contributed by atoms with Gasteiger partial charge in [-0.1, -0.05) is 6.07 Å². The molecule has 6 rings (SSSR count). The van der Waals surface area contributed by atoms with Gasteiger partial charge in [0.1, 0.15) is 17.8 Å². The fourth-order valence-corrected chi connectivity index (χ4v) is 4.85. The third-order valence-corrected chi connectivity index (χ3v) is 6.15. The van der Waals surface area contributed by atoms with Gasteiger partial charge in [0.15, 0.2) is 0 Å². The number of piperazine rings is 1. The van der Waals surface area contributed by atoms with Crippen LogP contribution in [0.15, 0.2) is 49.1 Å². The van der Waals surface area contributed by atoms with Gasteiger partial charge < -0.3 is 19.8 Å². The van der Waals surface area contributed by atoms with Crippen molar-refractivity contribution in [2.45, 2.75) is 24.9 Å². The van der Waals surface area contributed by atoms with Gasteiger partial charge >= 0.3 is 0 Å². The zero-order valence-corrected chi connectivity index (χ0v) is 15.3. The van der Waals surface area contributed by atoms with E-state index in [0.717, 1.165) is 59.2 Å². The molecule has 2 fully saturated rings. The lowest BCUT2D eigenvalue weighted by molar-refractivity contribution is 0.0641. The molecule has 140 valence electrons. The molecular formula is C21H20N6O. The number of benzene rings is 1. The first-order valence-corrected chi connectivity index (χ1v) is 9.71. The van der Waals surface area contributed by atoms with Gasteiger partial charge in [-0.2, -0.15) is 0 Å². The van der Waals surface area contributed by atoms with E-state index in [0.29, 0.717) is 0 Å². The van der Waals surface area contributed by atoms with Crippen molar-refractivity contribution >= 4 is 33.7 Å². The predicted molar refractivity (Wildman–Crippen MR) is 107 cm³/mol. The summed E-state index contributed by atoms with van der Waals surface area (Å²) in [7, 11) is 0. The normalized spacial score (nSPS) is 21.7. The van der Waals surface area contributed by atoms with Gasteiger partial charge in [-0.05, 0) is 42.5 Å². The summed E-state index contributed by atoms with van der Waals surface area (Å²) in [5.74, 6) is 1.10. The highest BCUT2D eigenvalue weighted by Gasteiger charge is 2.43. The van der Waals surface area contributed by atoms with Crippen molar-refractivity contribution in [2.24, 2.45) is 0 Å². The summed E-state index contributed by atoms with van der Waals surface area (Å²) in [6.07, 6.45) is 7.50. The Morgan fingerprint density at radius 1 is 1.00 bits per heavy atom. The zero-order chi connectivity index (χ0) is 18.7. The van der Waals surface area contributed by atoms with Crippen molar-refractivity contribution in [1.82, 2.24) is 24.8 Å². The van der Waals surface area contributed by atoms with Crippen LogP contribution in [0.2, 0.25) is 0 Å². The maximum Gasteiger partial charge on any atom is 0.254 e. The topological polar surface area (TPSA) is 80.9 Å². The van der Waals surface area contributed by atoms with Crippen LogP contribution in [0.1, 0.15) is 23.2 Å². The lowest BCUT2D eigenvalue weighted by Crippen LogP contribution is -2.56. The van der Waals surface area contributed by atoms with E-state index in [9.17, 15) is 4.79 Å². The highest BCUT2D eigenvalue weighted by molar-refractivity contribution is 5.98. The van der Waals surface area contributed by atoms with Crippen LogP contribution in [-0.4, -0.2) is 55.9 Å². The number of aromatic nitrogens is 4. The second-order valence-corrected chi connectivity index (χ2v) is 7.72. The van der Waals surface area contributed by atoms with Crippen molar-refractivity contribution in [3.05, 3.63) is 54.6 Å². The number of hydrogen-bond acceptors (Lipinski definition) is 4. The Balaban J connectivity index is 1.30. The molecule has 0 radical (unpaired) electrons. The quantitative estimate of drug-likeness (QED) is 0.567. The number of anilines is 1. The lowest BCUT2D eigenvalue weighted by atomic mass is 10.1. The summed E-state index contributed by atoms with van der Waals surface area (Å²) in [4.78, 5) is 32.9. The fourth-order valence-electron chi connectivity index (χ4n) is 4.85. The fraction of sp³-hybridized carbons (Fsp3) is 0.286. The number of carbonyl (C=O) groups is 1. The van der Waals surface area contributed by atoms with Gasteiger partial charge in [-0.25, -0.2) is 9.97 Å². The molecule has 2 N–H and O–H groups in total. The Kier molecular flexibility index (Phi) is 3.26. The number of carbonyl (C=O) groups excluding carboxylic acids is 1. The van der Waals surface area contributed by atoms with E-state index in [1.807, 2.05) is 42.7 Å². The molecule has 7 heteroatoms. The van der Waals surface area contributed by atoms with Crippen molar-refractivity contribution in [2.75, 3.05) is 18.0 Å². The maximum absolute atomic E-state index is 13.3. The summed E-state index contributed by atoms with van der Waals surface area (Å²) < 4.78 is 0. The van der Waals surface area contributed by atoms with E-state index < -0.39 is 0 Å². The third kappa shape index (κ3) is 2.25. The average Bonchev–Trinajstić information content (AvgIpc) is 3.44. The molecule has 0 spiro atoms. The summed E-state index contributed by atoms with van der Waals surface area (Å²) in [5.41, 5.74) is 2.62. The number of nitrogens with one attached hydrogen (secondary N) is 2. The van der Waals surface area contributed by atoms with Crippen LogP contribution in [0, 0.1) is 0 Å². The van der Waals surface area contributed by atoms with Gasteiger partial charge in [-0.3, -0.25) is 4.79 Å². The van der Waals surface area contributed by atoms with E-state index in [2.05, 4.69) is 29.7 Å². The SMILES string of the molecule is O=C(c1ccc2cc[nH]c2c1)N1[C@@H]2CC[C@@H]1CN(c1ncnc3[nH]ccc13)C2. The minimum Gasteiger partial charge on any atom is -0.361 e. The van der Waals surface area contributed by atoms with Crippen molar-refractivity contribution in [3.8, 4) is 0 Å². The second-order valence-electron chi connectivity index (χ2n) is 7.72. The molecule has 0 unspecified atom stereocenters. The van der Waals surface area contributed by atoms with E-state index >= 15 is 0 Å². The molecule has 1 amide bonds. The first-order chi connectivity index (χ1) is 13.8. The Bertz CT molecular complexity index is 1180. The molecule has 2 aliphatic rings.